The van der Waals surface area contributed by atoms with Gasteiger partial charge in [0.05, 0.1) is 27.2 Å². The van der Waals surface area contributed by atoms with Gasteiger partial charge in [-0.15, -0.1) is 0 Å². The van der Waals surface area contributed by atoms with Gasteiger partial charge in [-0.3, -0.25) is 0 Å². The smallest absolute Gasteiger partial charge is 0.0782 e. The van der Waals surface area contributed by atoms with Crippen molar-refractivity contribution in [2.45, 2.75) is 53.4 Å². The number of nitrogens with zero attached hydrogens (tertiary/aromatic N) is 1. The molecule has 0 aliphatic heterocycles. The summed E-state index contributed by atoms with van der Waals surface area (Å²) in [5.41, 5.74) is 0.505. The van der Waals surface area contributed by atoms with Gasteiger partial charge in [-0.25, -0.2) is 0 Å². The average molecular weight is 200 g/mol. The van der Waals surface area contributed by atoms with Crippen molar-refractivity contribution in [1.82, 2.24) is 0 Å². The van der Waals surface area contributed by atoms with Crippen molar-refractivity contribution in [2.75, 3.05) is 27.2 Å². The molecular formula is C13H30N+. The molecule has 14 heavy (non-hydrogen) atoms. The SMILES string of the molecule is CCCC[N+](C)(C)CCCC(C)(C)C. The summed E-state index contributed by atoms with van der Waals surface area (Å²) in [7, 11) is 4.72. The number of hydrogen-bond donors (Lipinski definition) is 0. The molecule has 0 aliphatic rings. The largest absolute Gasteiger partial charge is 0.328 e. The first-order valence-corrected chi connectivity index (χ1v) is 6.09. The van der Waals surface area contributed by atoms with Crippen LogP contribution in [0.2, 0.25) is 0 Å². The lowest BCUT2D eigenvalue weighted by Gasteiger charge is -2.31. The Bertz CT molecular complexity index is 142. The summed E-state index contributed by atoms with van der Waals surface area (Å²) in [6, 6.07) is 0. The van der Waals surface area contributed by atoms with Gasteiger partial charge in [-0.05, 0) is 24.7 Å². The highest BCUT2D eigenvalue weighted by Crippen LogP contribution is 2.21. The molecule has 0 atom stereocenters. The molecular weight excluding hydrogens is 170 g/mol. The van der Waals surface area contributed by atoms with E-state index in [0.717, 1.165) is 0 Å². The van der Waals surface area contributed by atoms with Crippen LogP contribution in [0.25, 0.3) is 0 Å². The maximum Gasteiger partial charge on any atom is 0.0782 e. The minimum absolute atomic E-state index is 0.505. The topological polar surface area (TPSA) is 0 Å². The molecule has 0 aromatic rings. The van der Waals surface area contributed by atoms with E-state index in [0.29, 0.717) is 5.41 Å². The van der Waals surface area contributed by atoms with Crippen LogP contribution in [-0.2, 0) is 0 Å². The van der Waals surface area contributed by atoms with Crippen molar-refractivity contribution in [3.05, 3.63) is 0 Å². The second-order valence-electron chi connectivity index (χ2n) is 6.40. The molecule has 86 valence electrons. The Morgan fingerprint density at radius 2 is 1.43 bits per heavy atom. The van der Waals surface area contributed by atoms with Crippen LogP contribution in [0, 0.1) is 5.41 Å². The van der Waals surface area contributed by atoms with Crippen LogP contribution < -0.4 is 0 Å². The summed E-state index contributed by atoms with van der Waals surface area (Å²) in [6.45, 7) is 11.9. The maximum absolute atomic E-state index is 2.36. The molecule has 0 aromatic carbocycles. The van der Waals surface area contributed by atoms with Crippen LogP contribution in [0.5, 0.6) is 0 Å². The summed E-state index contributed by atoms with van der Waals surface area (Å²) >= 11 is 0. The van der Waals surface area contributed by atoms with Gasteiger partial charge in [-0.2, -0.15) is 0 Å². The zero-order valence-electron chi connectivity index (χ0n) is 11.2. The van der Waals surface area contributed by atoms with Gasteiger partial charge in [0, 0.05) is 0 Å². The summed E-state index contributed by atoms with van der Waals surface area (Å²) in [6.07, 6.45) is 5.39. The molecule has 0 saturated carbocycles. The summed E-state index contributed by atoms with van der Waals surface area (Å²) < 4.78 is 1.20. The molecule has 0 radical (unpaired) electrons. The Kier molecular flexibility index (Phi) is 5.73. The minimum atomic E-state index is 0.505. The monoisotopic (exact) mass is 200 g/mol. The van der Waals surface area contributed by atoms with Gasteiger partial charge in [0.2, 0.25) is 0 Å². The van der Waals surface area contributed by atoms with Crippen molar-refractivity contribution in [1.29, 1.82) is 0 Å². The van der Waals surface area contributed by atoms with Crippen molar-refractivity contribution >= 4 is 0 Å². The van der Waals surface area contributed by atoms with Crippen molar-refractivity contribution in [2.24, 2.45) is 5.41 Å². The van der Waals surface area contributed by atoms with Crippen LogP contribution in [0.4, 0.5) is 0 Å². The molecule has 0 aliphatic carbocycles. The third-order valence-corrected chi connectivity index (χ3v) is 2.81. The Labute approximate surface area is 91.1 Å². The highest BCUT2D eigenvalue weighted by atomic mass is 15.3. The van der Waals surface area contributed by atoms with Crippen LogP contribution in [-0.4, -0.2) is 31.7 Å². The molecule has 0 heterocycles. The minimum Gasteiger partial charge on any atom is -0.328 e. The summed E-state index contributed by atoms with van der Waals surface area (Å²) in [4.78, 5) is 0. The average Bonchev–Trinajstić information content (AvgIpc) is 1.98. The Morgan fingerprint density at radius 3 is 1.86 bits per heavy atom. The normalized spacial score (nSPS) is 13.3. The lowest BCUT2D eigenvalue weighted by molar-refractivity contribution is -0.890. The molecule has 0 bridgehead atoms. The Morgan fingerprint density at radius 1 is 0.929 bits per heavy atom. The maximum atomic E-state index is 2.36. The fourth-order valence-corrected chi connectivity index (χ4v) is 1.74. The third-order valence-electron chi connectivity index (χ3n) is 2.81. The first kappa shape index (κ1) is 14.0. The van der Waals surface area contributed by atoms with Gasteiger partial charge in [0.25, 0.3) is 0 Å². The Hall–Kier alpha value is -0.0400. The van der Waals surface area contributed by atoms with E-state index < -0.39 is 0 Å². The zero-order valence-corrected chi connectivity index (χ0v) is 11.2. The number of unbranched alkanes of at least 4 members (excludes halogenated alkanes) is 1. The highest BCUT2D eigenvalue weighted by Gasteiger charge is 2.16. The summed E-state index contributed by atoms with van der Waals surface area (Å²) in [5, 5.41) is 0. The summed E-state index contributed by atoms with van der Waals surface area (Å²) in [5.74, 6) is 0. The lowest BCUT2D eigenvalue weighted by Crippen LogP contribution is -2.41. The number of rotatable bonds is 6. The van der Waals surface area contributed by atoms with E-state index in [2.05, 4.69) is 41.8 Å². The highest BCUT2D eigenvalue weighted by molar-refractivity contribution is 4.60. The first-order chi connectivity index (χ1) is 6.27. The van der Waals surface area contributed by atoms with Gasteiger partial charge in [0.15, 0.2) is 0 Å². The van der Waals surface area contributed by atoms with Gasteiger partial charge < -0.3 is 4.48 Å². The van der Waals surface area contributed by atoms with E-state index in [1.54, 1.807) is 0 Å². The molecule has 0 unspecified atom stereocenters. The standard InChI is InChI=1S/C13H30N/c1-7-8-11-14(5,6)12-9-10-13(2,3)4/h7-12H2,1-6H3/q+1. The molecule has 0 aromatic heterocycles. The zero-order chi connectivity index (χ0) is 11.2. The van der Waals surface area contributed by atoms with E-state index in [4.69, 9.17) is 0 Å². The molecule has 1 heteroatoms. The molecule has 1 nitrogen and oxygen atoms in total. The number of quaternary nitrogens is 1. The second-order valence-corrected chi connectivity index (χ2v) is 6.40. The van der Waals surface area contributed by atoms with E-state index in [1.165, 1.54) is 43.3 Å². The van der Waals surface area contributed by atoms with Gasteiger partial charge in [0.1, 0.15) is 0 Å². The quantitative estimate of drug-likeness (QED) is 0.574. The molecule has 0 amide bonds. The first-order valence-electron chi connectivity index (χ1n) is 6.09. The van der Waals surface area contributed by atoms with Crippen molar-refractivity contribution < 1.29 is 4.48 Å². The van der Waals surface area contributed by atoms with E-state index >= 15 is 0 Å². The van der Waals surface area contributed by atoms with Crippen molar-refractivity contribution in [3.63, 3.8) is 0 Å². The van der Waals surface area contributed by atoms with E-state index in [1.807, 2.05) is 0 Å². The second kappa shape index (κ2) is 5.75. The Balaban J connectivity index is 3.65. The third kappa shape index (κ3) is 8.55. The molecule has 0 fully saturated rings. The van der Waals surface area contributed by atoms with Gasteiger partial charge >= 0.3 is 0 Å². The lowest BCUT2D eigenvalue weighted by atomic mass is 9.90. The van der Waals surface area contributed by atoms with Crippen molar-refractivity contribution in [3.8, 4) is 0 Å². The van der Waals surface area contributed by atoms with E-state index in [9.17, 15) is 0 Å². The fraction of sp³-hybridized carbons (Fsp3) is 1.00. The fourth-order valence-electron chi connectivity index (χ4n) is 1.74. The molecule has 0 saturated heterocycles. The van der Waals surface area contributed by atoms with E-state index in [-0.39, 0.29) is 0 Å². The predicted octanol–water partition coefficient (Wildman–Crippen LogP) is 3.69. The molecule has 0 rings (SSSR count). The van der Waals surface area contributed by atoms with Gasteiger partial charge in [-0.1, -0.05) is 34.1 Å². The van der Waals surface area contributed by atoms with Crippen LogP contribution in [0.3, 0.4) is 0 Å². The predicted molar refractivity (Wildman–Crippen MR) is 65.4 cm³/mol. The number of hydrogen-bond acceptors (Lipinski definition) is 0. The molecule has 0 spiro atoms. The van der Waals surface area contributed by atoms with Crippen LogP contribution in [0.1, 0.15) is 53.4 Å². The molecule has 0 N–H and O–H groups in total. The van der Waals surface area contributed by atoms with Crippen LogP contribution in [0.15, 0.2) is 0 Å². The van der Waals surface area contributed by atoms with Crippen LogP contribution >= 0.6 is 0 Å².